The van der Waals surface area contributed by atoms with Crippen molar-refractivity contribution in [1.29, 1.82) is 0 Å². The largest absolute Gasteiger partial charge is 0.313 e. The molecule has 0 bridgehead atoms. The van der Waals surface area contributed by atoms with Gasteiger partial charge in [0.15, 0.2) is 0 Å². The summed E-state index contributed by atoms with van der Waals surface area (Å²) in [7, 11) is 0. The molecule has 3 aliphatic rings. The van der Waals surface area contributed by atoms with Gasteiger partial charge in [0.2, 0.25) is 0 Å². The number of hydrogen-bond acceptors (Lipinski definition) is 2. The van der Waals surface area contributed by atoms with Crippen LogP contribution in [0.3, 0.4) is 0 Å². The van der Waals surface area contributed by atoms with E-state index in [0.717, 1.165) is 49.9 Å². The number of benzene rings is 2. The van der Waals surface area contributed by atoms with Crippen molar-refractivity contribution in [2.75, 3.05) is 4.90 Å². The predicted molar refractivity (Wildman–Crippen MR) is 250 cm³/mol. The summed E-state index contributed by atoms with van der Waals surface area (Å²) in [5.74, 6) is -0.0321. The highest BCUT2D eigenvalue weighted by Crippen LogP contribution is 2.43. The van der Waals surface area contributed by atoms with Crippen LogP contribution in [0.25, 0.3) is 17.0 Å². The quantitative estimate of drug-likeness (QED) is 0.125. The molecule has 2 heteroatoms. The number of nitrogens with zero attached hydrogens (tertiary/aromatic N) is 2. The van der Waals surface area contributed by atoms with Crippen molar-refractivity contribution in [3.8, 4) is 0 Å². The average molecular weight is 743 g/mol. The standard InChI is InChI=1S/C55H54N2/c1-9-16-19-27-42(8)44-36-39-49(40-37-44)57(47(25-12-4)26-13-5)55-52-34-22-20-32-50(52)54(51-33-21-23-35-53(51)55)56(46(15-7)30-18-11-3)48-31-24-29-45(38-41-48)43(14-6)28-17-10-2/h9-23,25-41,50,52H,1,3-4,6H2,2,5,7-8H3. The van der Waals surface area contributed by atoms with E-state index in [1.54, 1.807) is 6.08 Å². The van der Waals surface area contributed by atoms with Gasteiger partial charge in [0, 0.05) is 56.8 Å². The van der Waals surface area contributed by atoms with Gasteiger partial charge in [-0.15, -0.1) is 5.73 Å². The average Bonchev–Trinajstić information content (AvgIpc) is 3.49. The van der Waals surface area contributed by atoms with E-state index in [9.17, 15) is 0 Å². The maximum absolute atomic E-state index is 4.13. The highest BCUT2D eigenvalue weighted by molar-refractivity contribution is 5.82. The Morgan fingerprint density at radius 3 is 1.93 bits per heavy atom. The summed E-state index contributed by atoms with van der Waals surface area (Å²) < 4.78 is 0. The van der Waals surface area contributed by atoms with E-state index in [1.807, 2.05) is 61.6 Å². The molecule has 5 rings (SSSR count). The summed E-state index contributed by atoms with van der Waals surface area (Å²) in [6, 6.07) is 17.7. The van der Waals surface area contributed by atoms with Crippen LogP contribution >= 0.6 is 0 Å². The number of rotatable bonds is 16. The van der Waals surface area contributed by atoms with Crippen LogP contribution in [0.5, 0.6) is 0 Å². The van der Waals surface area contributed by atoms with Crippen molar-refractivity contribution < 1.29 is 0 Å². The molecule has 2 unspecified atom stereocenters. The molecule has 0 fully saturated rings. The molecule has 0 N–H and O–H groups in total. The zero-order valence-corrected chi connectivity index (χ0v) is 33.9. The van der Waals surface area contributed by atoms with Crippen molar-refractivity contribution >= 4 is 22.7 Å². The van der Waals surface area contributed by atoms with Gasteiger partial charge in [-0.1, -0.05) is 172 Å². The number of allylic oxidation sites excluding steroid dienone is 24. The lowest BCUT2D eigenvalue weighted by molar-refractivity contribution is 0.528. The molecule has 0 amide bonds. The highest BCUT2D eigenvalue weighted by atomic mass is 15.2. The van der Waals surface area contributed by atoms with Crippen LogP contribution in [0.1, 0.15) is 33.3 Å². The van der Waals surface area contributed by atoms with E-state index >= 15 is 0 Å². The molecule has 3 aliphatic carbocycles. The fraction of sp³-hybridized carbons (Fsp3) is 0.109. The third-order valence-electron chi connectivity index (χ3n) is 9.93. The Bertz CT molecular complexity index is 2440. The molecule has 2 nitrogen and oxygen atoms in total. The molecule has 0 saturated heterocycles. The molecule has 284 valence electrons. The van der Waals surface area contributed by atoms with Crippen molar-refractivity contribution in [2.45, 2.75) is 27.7 Å². The van der Waals surface area contributed by atoms with Gasteiger partial charge in [0.1, 0.15) is 0 Å². The Labute approximate surface area is 341 Å². The highest BCUT2D eigenvalue weighted by Gasteiger charge is 2.37. The first kappa shape index (κ1) is 41.3. The summed E-state index contributed by atoms with van der Waals surface area (Å²) in [6.45, 7) is 24.3. The molecule has 2 aromatic carbocycles. The second kappa shape index (κ2) is 20.7. The SMILES string of the molecule is C=CC=CC=C(C)c1ccc(N(C(C=CC)=CC=C)C2=c3ccccc3=C(N(C(C=CC=C)=CC)C3=CC=C(C(C=C)=CC=CC)C=C=C3)C3C=CC=CC23)cc1. The Hall–Kier alpha value is -6.86. The van der Waals surface area contributed by atoms with Gasteiger partial charge in [0.05, 0.1) is 5.70 Å². The molecule has 0 spiro atoms. The summed E-state index contributed by atoms with van der Waals surface area (Å²) in [5, 5.41) is 2.31. The summed E-state index contributed by atoms with van der Waals surface area (Å²) in [6.07, 6.45) is 49.7. The molecule has 57 heavy (non-hydrogen) atoms. The maximum Gasteiger partial charge on any atom is 0.0536 e. The van der Waals surface area contributed by atoms with E-state index in [1.165, 1.54) is 17.0 Å². The molecular formula is C55H54N2. The monoisotopic (exact) mass is 742 g/mol. The number of anilines is 1. The third-order valence-corrected chi connectivity index (χ3v) is 9.93. The number of fused-ring (bicyclic) bond motifs is 2. The minimum absolute atomic E-state index is 0.0131. The first-order valence-corrected chi connectivity index (χ1v) is 19.5. The van der Waals surface area contributed by atoms with E-state index < -0.39 is 0 Å². The van der Waals surface area contributed by atoms with Crippen LogP contribution in [-0.2, 0) is 0 Å². The molecule has 0 saturated carbocycles. The summed E-state index contributed by atoms with van der Waals surface area (Å²) >= 11 is 0. The minimum Gasteiger partial charge on any atom is -0.313 e. The van der Waals surface area contributed by atoms with Crippen molar-refractivity contribution in [2.24, 2.45) is 11.8 Å². The fourth-order valence-electron chi connectivity index (χ4n) is 7.31. The molecule has 0 radical (unpaired) electrons. The Morgan fingerprint density at radius 2 is 1.33 bits per heavy atom. The van der Waals surface area contributed by atoms with Gasteiger partial charge >= 0.3 is 0 Å². The molecular weight excluding hydrogens is 689 g/mol. The van der Waals surface area contributed by atoms with Crippen LogP contribution in [0, 0.1) is 11.8 Å². The normalized spacial score (nSPS) is 18.5. The van der Waals surface area contributed by atoms with Gasteiger partial charge in [0.25, 0.3) is 0 Å². The number of hydrogen-bond donors (Lipinski definition) is 0. The van der Waals surface area contributed by atoms with Gasteiger partial charge in [-0.25, -0.2) is 0 Å². The van der Waals surface area contributed by atoms with Crippen LogP contribution in [0.4, 0.5) is 5.69 Å². The summed E-state index contributed by atoms with van der Waals surface area (Å²) in [5.41, 5.74) is 14.4. The van der Waals surface area contributed by atoms with E-state index in [2.05, 4.69) is 196 Å². The Kier molecular flexibility index (Phi) is 15.0. The molecule has 2 aromatic rings. The second-order valence-electron chi connectivity index (χ2n) is 13.5. The smallest absolute Gasteiger partial charge is 0.0536 e. The van der Waals surface area contributed by atoms with E-state index in [0.29, 0.717) is 0 Å². The topological polar surface area (TPSA) is 6.48 Å². The molecule has 0 heterocycles. The van der Waals surface area contributed by atoms with Crippen LogP contribution < -0.4 is 15.3 Å². The molecule has 2 atom stereocenters. The minimum atomic E-state index is -0.0190. The third kappa shape index (κ3) is 9.51. The van der Waals surface area contributed by atoms with Crippen molar-refractivity contribution in [1.82, 2.24) is 4.90 Å². The van der Waals surface area contributed by atoms with E-state index in [-0.39, 0.29) is 11.8 Å². The van der Waals surface area contributed by atoms with Crippen molar-refractivity contribution in [3.05, 3.63) is 271 Å². The molecule has 0 aliphatic heterocycles. The van der Waals surface area contributed by atoms with Crippen LogP contribution in [0.2, 0.25) is 0 Å². The Balaban J connectivity index is 1.88. The Morgan fingerprint density at radius 1 is 0.649 bits per heavy atom. The maximum atomic E-state index is 4.13. The van der Waals surface area contributed by atoms with Crippen LogP contribution in [0.15, 0.2) is 255 Å². The first-order chi connectivity index (χ1) is 28.0. The van der Waals surface area contributed by atoms with Gasteiger partial charge in [-0.3, -0.25) is 0 Å². The van der Waals surface area contributed by atoms with Gasteiger partial charge in [-0.05, 0) is 92.5 Å². The predicted octanol–water partition coefficient (Wildman–Crippen LogP) is 12.7. The van der Waals surface area contributed by atoms with Gasteiger partial charge in [-0.2, -0.15) is 0 Å². The lowest BCUT2D eigenvalue weighted by Crippen LogP contribution is -2.48. The van der Waals surface area contributed by atoms with E-state index in [4.69, 9.17) is 0 Å². The van der Waals surface area contributed by atoms with Crippen LogP contribution in [-0.4, -0.2) is 4.90 Å². The first-order valence-electron chi connectivity index (χ1n) is 19.5. The zero-order valence-electron chi connectivity index (χ0n) is 33.9. The lowest BCUT2D eigenvalue weighted by Gasteiger charge is -2.42. The molecule has 0 aromatic heterocycles. The fourth-order valence-corrected chi connectivity index (χ4v) is 7.31. The second-order valence-corrected chi connectivity index (χ2v) is 13.5. The lowest BCUT2D eigenvalue weighted by atomic mass is 9.77. The van der Waals surface area contributed by atoms with Gasteiger partial charge < -0.3 is 9.80 Å². The summed E-state index contributed by atoms with van der Waals surface area (Å²) in [4.78, 5) is 4.80. The van der Waals surface area contributed by atoms with Crippen molar-refractivity contribution in [3.63, 3.8) is 0 Å². The zero-order chi connectivity index (χ0) is 40.6.